The van der Waals surface area contributed by atoms with Crippen LogP contribution in [0.25, 0.3) is 0 Å². The second-order valence-corrected chi connectivity index (χ2v) is 6.41. The molecule has 12 heteroatoms. The molecule has 0 spiro atoms. The molecule has 1 heterocycles. The van der Waals surface area contributed by atoms with E-state index < -0.39 is 22.7 Å². The molecule has 2 rings (SSSR count). The van der Waals surface area contributed by atoms with Gasteiger partial charge in [0.05, 0.1) is 7.11 Å². The fourth-order valence-electron chi connectivity index (χ4n) is 1.97. The summed E-state index contributed by atoms with van der Waals surface area (Å²) in [6.07, 6.45) is 1.08. The summed E-state index contributed by atoms with van der Waals surface area (Å²) >= 11 is 0. The van der Waals surface area contributed by atoms with Gasteiger partial charge >= 0.3 is 12.0 Å². The Morgan fingerprint density at radius 1 is 1.31 bits per heavy atom. The summed E-state index contributed by atoms with van der Waals surface area (Å²) < 4.78 is 49.1. The third-order valence-electron chi connectivity index (χ3n) is 2.96. The molecule has 2 aromatic rings. The molecule has 0 unspecified atom stereocenters. The Hall–Kier alpha value is -3.02. The molecule has 10 nitrogen and oxygen atoms in total. The number of methoxy groups -OCH3 is 1. The second-order valence-electron chi connectivity index (χ2n) is 4.80. The van der Waals surface area contributed by atoms with Crippen molar-refractivity contribution in [1.29, 1.82) is 0 Å². The molecule has 140 valence electrons. The third kappa shape index (κ3) is 4.75. The lowest BCUT2D eigenvalue weighted by atomic mass is 10.2. The number of hydrogen-bond donors (Lipinski definition) is 2. The predicted molar refractivity (Wildman–Crippen MR) is 88.4 cm³/mol. The number of benzene rings is 1. The molecule has 0 fully saturated rings. The molecule has 2 N–H and O–H groups in total. The lowest BCUT2D eigenvalue weighted by Gasteiger charge is -2.14. The summed E-state index contributed by atoms with van der Waals surface area (Å²) in [4.78, 5) is 22.8. The average molecular weight is 385 g/mol. The quantitative estimate of drug-likeness (QED) is 0.723. The zero-order chi connectivity index (χ0) is 19.2. The Morgan fingerprint density at radius 2 is 2.08 bits per heavy atom. The maximum atomic E-state index is 12.5. The van der Waals surface area contributed by atoms with Gasteiger partial charge in [-0.1, -0.05) is 12.1 Å². The van der Waals surface area contributed by atoms with E-state index in [1.165, 1.54) is 26.2 Å². The highest BCUT2D eigenvalue weighted by atomic mass is 32.2. The largest absolute Gasteiger partial charge is 0.489 e. The number of anilines is 1. The summed E-state index contributed by atoms with van der Waals surface area (Å²) in [7, 11) is -2.98. The number of aromatic nitrogens is 3. The average Bonchev–Trinajstić information content (AvgIpc) is 2.59. The number of nitrogens with zero attached hydrogens (tertiary/aromatic N) is 3. The number of halogens is 1. The fraction of sp³-hybridized carbons (Fsp3) is 0.286. The molecule has 0 saturated carbocycles. The Kier molecular flexibility index (Phi) is 6.22. The highest BCUT2D eigenvalue weighted by Gasteiger charge is 2.25. The van der Waals surface area contributed by atoms with Gasteiger partial charge in [0.1, 0.15) is 30.3 Å². The summed E-state index contributed by atoms with van der Waals surface area (Å²) in [6.45, 7) is 0.414. The first-order chi connectivity index (χ1) is 12.4. The zero-order valence-corrected chi connectivity index (χ0v) is 14.7. The standard InChI is InChI=1S/C14H16FN5O5S/c1-9-4-3-5-10(25-7-6-15)11(9)26(22,23)20-13(21)18-12-16-8-17-14(19-12)24-2/h3-5,8H,6-7H2,1-2H3,(H2,16,17,18,19,20,21). The summed E-state index contributed by atoms with van der Waals surface area (Å²) in [5.74, 6) is -0.270. The van der Waals surface area contributed by atoms with Crippen LogP contribution in [-0.2, 0) is 10.0 Å². The van der Waals surface area contributed by atoms with Crippen molar-refractivity contribution in [3.8, 4) is 11.8 Å². The highest BCUT2D eigenvalue weighted by molar-refractivity contribution is 7.90. The molecule has 0 aliphatic rings. The number of ether oxygens (including phenoxy) is 2. The minimum Gasteiger partial charge on any atom is -0.489 e. The van der Waals surface area contributed by atoms with Crippen molar-refractivity contribution < 1.29 is 27.1 Å². The van der Waals surface area contributed by atoms with E-state index in [2.05, 4.69) is 20.3 Å². The Bertz CT molecular complexity index is 893. The Labute approximate surface area is 148 Å². The normalized spacial score (nSPS) is 10.9. The lowest BCUT2D eigenvalue weighted by Crippen LogP contribution is -2.35. The van der Waals surface area contributed by atoms with Crippen molar-refractivity contribution in [2.24, 2.45) is 0 Å². The van der Waals surface area contributed by atoms with Crippen LogP contribution in [0.3, 0.4) is 0 Å². The summed E-state index contributed by atoms with van der Waals surface area (Å²) in [5.41, 5.74) is 0.323. The van der Waals surface area contributed by atoms with Crippen molar-refractivity contribution in [3.63, 3.8) is 0 Å². The number of sulfonamides is 1. The van der Waals surface area contributed by atoms with Crippen LogP contribution in [0.2, 0.25) is 0 Å². The molecule has 0 bridgehead atoms. The Balaban J connectivity index is 2.21. The molecule has 1 aromatic carbocycles. The number of rotatable bonds is 7. The van der Waals surface area contributed by atoms with Gasteiger partial charge in [0.15, 0.2) is 0 Å². The molecule has 1 aromatic heterocycles. The van der Waals surface area contributed by atoms with Crippen molar-refractivity contribution in [2.75, 3.05) is 25.7 Å². The van der Waals surface area contributed by atoms with Crippen molar-refractivity contribution in [2.45, 2.75) is 11.8 Å². The van der Waals surface area contributed by atoms with E-state index in [9.17, 15) is 17.6 Å². The van der Waals surface area contributed by atoms with Gasteiger partial charge in [0, 0.05) is 0 Å². The molecule has 0 saturated heterocycles. The van der Waals surface area contributed by atoms with Gasteiger partial charge in [0.25, 0.3) is 10.0 Å². The number of carbonyl (C=O) groups is 1. The number of hydrogen-bond acceptors (Lipinski definition) is 8. The molecule has 0 radical (unpaired) electrons. The van der Waals surface area contributed by atoms with Gasteiger partial charge in [0.2, 0.25) is 5.95 Å². The van der Waals surface area contributed by atoms with E-state index in [1.54, 1.807) is 6.07 Å². The summed E-state index contributed by atoms with van der Waals surface area (Å²) in [5, 5.41) is 2.15. The van der Waals surface area contributed by atoms with Gasteiger partial charge in [-0.25, -0.2) is 27.3 Å². The van der Waals surface area contributed by atoms with Gasteiger partial charge in [-0.15, -0.1) is 0 Å². The zero-order valence-electron chi connectivity index (χ0n) is 13.9. The number of alkyl halides is 1. The van der Waals surface area contributed by atoms with Crippen LogP contribution in [0, 0.1) is 6.92 Å². The second kappa shape index (κ2) is 8.38. The van der Waals surface area contributed by atoms with Crippen LogP contribution in [0.4, 0.5) is 15.1 Å². The third-order valence-corrected chi connectivity index (χ3v) is 4.48. The number of aryl methyl sites for hydroxylation is 1. The maximum Gasteiger partial charge on any atom is 0.335 e. The van der Waals surface area contributed by atoms with Crippen LogP contribution in [0.5, 0.6) is 11.8 Å². The smallest absolute Gasteiger partial charge is 0.335 e. The van der Waals surface area contributed by atoms with Crippen LogP contribution in [0.1, 0.15) is 5.56 Å². The van der Waals surface area contributed by atoms with Gasteiger partial charge < -0.3 is 9.47 Å². The topological polar surface area (TPSA) is 132 Å². The molecule has 0 atom stereocenters. The first-order valence-electron chi connectivity index (χ1n) is 7.22. The number of urea groups is 1. The lowest BCUT2D eigenvalue weighted by molar-refractivity contribution is 0.256. The van der Waals surface area contributed by atoms with E-state index in [0.29, 0.717) is 5.56 Å². The number of amides is 2. The SMILES string of the molecule is COc1ncnc(NC(=O)NS(=O)(=O)c2c(C)cccc2OCCF)n1. The predicted octanol–water partition coefficient (Wildman–Crippen LogP) is 1.05. The minimum atomic E-state index is -4.30. The van der Waals surface area contributed by atoms with Crippen LogP contribution in [-0.4, -0.2) is 49.8 Å². The van der Waals surface area contributed by atoms with Gasteiger partial charge in [-0.2, -0.15) is 9.97 Å². The molecular formula is C14H16FN5O5S. The van der Waals surface area contributed by atoms with E-state index in [4.69, 9.17) is 9.47 Å². The first-order valence-corrected chi connectivity index (χ1v) is 8.71. The van der Waals surface area contributed by atoms with E-state index in [0.717, 1.165) is 6.33 Å². The van der Waals surface area contributed by atoms with E-state index >= 15 is 0 Å². The fourth-order valence-corrected chi connectivity index (χ4v) is 3.25. The first kappa shape index (κ1) is 19.3. The number of nitrogens with one attached hydrogen (secondary N) is 2. The molecule has 0 aliphatic heterocycles. The van der Waals surface area contributed by atoms with Crippen LogP contribution >= 0.6 is 0 Å². The van der Waals surface area contributed by atoms with Gasteiger partial charge in [-0.05, 0) is 18.6 Å². The van der Waals surface area contributed by atoms with Crippen LogP contribution < -0.4 is 19.5 Å². The van der Waals surface area contributed by atoms with Crippen molar-refractivity contribution in [1.82, 2.24) is 19.7 Å². The number of carbonyl (C=O) groups excluding carboxylic acids is 1. The van der Waals surface area contributed by atoms with E-state index in [1.807, 2.05) is 4.72 Å². The van der Waals surface area contributed by atoms with E-state index in [-0.39, 0.29) is 29.2 Å². The molecule has 26 heavy (non-hydrogen) atoms. The highest BCUT2D eigenvalue weighted by Crippen LogP contribution is 2.27. The van der Waals surface area contributed by atoms with Crippen molar-refractivity contribution >= 4 is 22.0 Å². The summed E-state index contributed by atoms with van der Waals surface area (Å²) in [6, 6.07) is 3.29. The molecular weight excluding hydrogens is 369 g/mol. The van der Waals surface area contributed by atoms with Gasteiger partial charge in [-0.3, -0.25) is 5.32 Å². The maximum absolute atomic E-state index is 12.5. The molecule has 2 amide bonds. The molecule has 0 aliphatic carbocycles. The Morgan fingerprint density at radius 3 is 2.77 bits per heavy atom. The van der Waals surface area contributed by atoms with Crippen LogP contribution in [0.15, 0.2) is 29.4 Å². The minimum absolute atomic E-state index is 0.0565. The van der Waals surface area contributed by atoms with Crippen molar-refractivity contribution in [3.05, 3.63) is 30.1 Å². The monoisotopic (exact) mass is 385 g/mol.